The van der Waals surface area contributed by atoms with Crippen molar-refractivity contribution < 1.29 is 14.3 Å². The van der Waals surface area contributed by atoms with Crippen LogP contribution in [0.15, 0.2) is 72.8 Å². The van der Waals surface area contributed by atoms with Crippen LogP contribution in [-0.4, -0.2) is 19.1 Å². The molecule has 0 unspecified atom stereocenters. The molecule has 0 saturated heterocycles. The highest BCUT2D eigenvalue weighted by Gasteiger charge is 2.12. The third-order valence-corrected chi connectivity index (χ3v) is 4.83. The van der Waals surface area contributed by atoms with Gasteiger partial charge in [0.15, 0.2) is 11.5 Å². The number of methoxy groups -OCH3 is 1. The molecule has 3 aromatic rings. The average Bonchev–Trinajstić information content (AvgIpc) is 2.77. The van der Waals surface area contributed by atoms with Crippen molar-refractivity contribution in [3.05, 3.63) is 95.1 Å². The molecule has 0 aliphatic heterocycles. The SMILES string of the molecule is COc1cc(CNC(=O)c2ccccc2CCc2ccccc2)ccc1OC(C)C. The predicted octanol–water partition coefficient (Wildman–Crippen LogP) is 5.20. The van der Waals surface area contributed by atoms with Crippen molar-refractivity contribution >= 4 is 5.91 Å². The molecule has 0 aromatic heterocycles. The first-order chi connectivity index (χ1) is 14.6. The predicted molar refractivity (Wildman–Crippen MR) is 120 cm³/mol. The summed E-state index contributed by atoms with van der Waals surface area (Å²) in [6, 6.07) is 23.9. The van der Waals surface area contributed by atoms with Gasteiger partial charge in [-0.15, -0.1) is 0 Å². The summed E-state index contributed by atoms with van der Waals surface area (Å²) in [5, 5.41) is 3.03. The van der Waals surface area contributed by atoms with Gasteiger partial charge in [0, 0.05) is 12.1 Å². The second-order valence-corrected chi connectivity index (χ2v) is 7.48. The number of hydrogen-bond donors (Lipinski definition) is 1. The molecule has 3 aromatic carbocycles. The van der Waals surface area contributed by atoms with E-state index in [9.17, 15) is 4.79 Å². The highest BCUT2D eigenvalue weighted by Crippen LogP contribution is 2.29. The van der Waals surface area contributed by atoms with Crippen LogP contribution in [0.1, 0.15) is 40.9 Å². The van der Waals surface area contributed by atoms with E-state index in [1.165, 1.54) is 5.56 Å². The van der Waals surface area contributed by atoms with Crippen molar-refractivity contribution in [2.24, 2.45) is 0 Å². The van der Waals surface area contributed by atoms with Gasteiger partial charge in [-0.2, -0.15) is 0 Å². The van der Waals surface area contributed by atoms with Crippen LogP contribution in [0.2, 0.25) is 0 Å². The van der Waals surface area contributed by atoms with Gasteiger partial charge in [0.2, 0.25) is 0 Å². The Morgan fingerprint density at radius 1 is 0.867 bits per heavy atom. The number of carbonyl (C=O) groups is 1. The number of hydrogen-bond acceptors (Lipinski definition) is 3. The summed E-state index contributed by atoms with van der Waals surface area (Å²) in [6.45, 7) is 4.37. The van der Waals surface area contributed by atoms with Crippen LogP contribution in [0.25, 0.3) is 0 Å². The zero-order valence-electron chi connectivity index (χ0n) is 17.9. The fourth-order valence-electron chi connectivity index (χ4n) is 3.33. The van der Waals surface area contributed by atoms with E-state index in [0.717, 1.165) is 29.5 Å². The molecule has 0 radical (unpaired) electrons. The van der Waals surface area contributed by atoms with Crippen molar-refractivity contribution in [1.82, 2.24) is 5.32 Å². The maximum absolute atomic E-state index is 12.8. The monoisotopic (exact) mass is 403 g/mol. The summed E-state index contributed by atoms with van der Waals surface area (Å²) in [5.74, 6) is 1.30. The molecule has 4 heteroatoms. The molecule has 0 bridgehead atoms. The van der Waals surface area contributed by atoms with Gasteiger partial charge in [0.1, 0.15) is 0 Å². The van der Waals surface area contributed by atoms with Crippen LogP contribution in [0.4, 0.5) is 0 Å². The standard InChI is InChI=1S/C26H29NO3/c1-19(2)30-24-16-14-21(17-25(24)29-3)18-27-26(28)23-12-8-7-11-22(23)15-13-20-9-5-4-6-10-20/h4-12,14,16-17,19H,13,15,18H2,1-3H3,(H,27,28). The van der Waals surface area contributed by atoms with Crippen molar-refractivity contribution in [2.45, 2.75) is 39.3 Å². The molecule has 0 saturated carbocycles. The molecule has 0 aliphatic rings. The van der Waals surface area contributed by atoms with Gasteiger partial charge in [-0.1, -0.05) is 54.6 Å². The minimum absolute atomic E-state index is 0.0665. The molecule has 3 rings (SSSR count). The summed E-state index contributed by atoms with van der Waals surface area (Å²) >= 11 is 0. The van der Waals surface area contributed by atoms with Gasteiger partial charge in [0.25, 0.3) is 5.91 Å². The molecule has 0 atom stereocenters. The Hall–Kier alpha value is -3.27. The maximum Gasteiger partial charge on any atom is 0.251 e. The quantitative estimate of drug-likeness (QED) is 0.534. The van der Waals surface area contributed by atoms with E-state index < -0.39 is 0 Å². The van der Waals surface area contributed by atoms with Crippen LogP contribution in [0.5, 0.6) is 11.5 Å². The van der Waals surface area contributed by atoms with E-state index in [1.54, 1.807) is 7.11 Å². The Bertz CT molecular complexity index is 967. The summed E-state index contributed by atoms with van der Waals surface area (Å²) in [6.07, 6.45) is 1.79. The highest BCUT2D eigenvalue weighted by atomic mass is 16.5. The number of aryl methyl sites for hydroxylation is 2. The van der Waals surface area contributed by atoms with Gasteiger partial charge in [-0.05, 0) is 61.6 Å². The smallest absolute Gasteiger partial charge is 0.251 e. The Kier molecular flexibility index (Phi) is 7.50. The van der Waals surface area contributed by atoms with E-state index in [2.05, 4.69) is 17.4 Å². The lowest BCUT2D eigenvalue weighted by atomic mass is 9.99. The molecule has 30 heavy (non-hydrogen) atoms. The highest BCUT2D eigenvalue weighted by molar-refractivity contribution is 5.95. The molecular formula is C26H29NO3. The van der Waals surface area contributed by atoms with E-state index in [0.29, 0.717) is 18.0 Å². The Balaban J connectivity index is 1.65. The largest absolute Gasteiger partial charge is 0.493 e. The first kappa shape index (κ1) is 21.4. The molecule has 156 valence electrons. The topological polar surface area (TPSA) is 47.6 Å². The molecular weight excluding hydrogens is 374 g/mol. The number of amides is 1. The second kappa shape index (κ2) is 10.5. The van der Waals surface area contributed by atoms with Crippen LogP contribution in [-0.2, 0) is 19.4 Å². The van der Waals surface area contributed by atoms with Crippen LogP contribution in [0, 0.1) is 0 Å². The summed E-state index contributed by atoms with van der Waals surface area (Å²) in [4.78, 5) is 12.8. The van der Waals surface area contributed by atoms with Gasteiger partial charge < -0.3 is 14.8 Å². The van der Waals surface area contributed by atoms with Crippen molar-refractivity contribution in [1.29, 1.82) is 0 Å². The third kappa shape index (κ3) is 5.86. The fourth-order valence-corrected chi connectivity index (χ4v) is 3.33. The summed E-state index contributed by atoms with van der Waals surface area (Å²) in [7, 11) is 1.62. The Morgan fingerprint density at radius 3 is 2.33 bits per heavy atom. The molecule has 0 heterocycles. The number of benzene rings is 3. The van der Waals surface area contributed by atoms with Crippen LogP contribution >= 0.6 is 0 Å². The number of ether oxygens (including phenoxy) is 2. The first-order valence-corrected chi connectivity index (χ1v) is 10.3. The molecule has 0 fully saturated rings. The van der Waals surface area contributed by atoms with Gasteiger partial charge in [-0.25, -0.2) is 0 Å². The summed E-state index contributed by atoms with van der Waals surface area (Å²) in [5.41, 5.74) is 4.00. The van der Waals surface area contributed by atoms with Crippen molar-refractivity contribution in [3.63, 3.8) is 0 Å². The minimum Gasteiger partial charge on any atom is -0.493 e. The third-order valence-electron chi connectivity index (χ3n) is 4.83. The van der Waals surface area contributed by atoms with E-state index in [4.69, 9.17) is 9.47 Å². The zero-order chi connectivity index (χ0) is 21.3. The number of carbonyl (C=O) groups excluding carboxylic acids is 1. The first-order valence-electron chi connectivity index (χ1n) is 10.3. The fraction of sp³-hybridized carbons (Fsp3) is 0.269. The van der Waals surface area contributed by atoms with E-state index in [-0.39, 0.29) is 12.0 Å². The van der Waals surface area contributed by atoms with E-state index >= 15 is 0 Å². The minimum atomic E-state index is -0.0693. The number of nitrogens with one attached hydrogen (secondary N) is 1. The zero-order valence-corrected chi connectivity index (χ0v) is 17.9. The van der Waals surface area contributed by atoms with Crippen molar-refractivity contribution in [2.75, 3.05) is 7.11 Å². The van der Waals surface area contributed by atoms with Gasteiger partial charge in [0.05, 0.1) is 13.2 Å². The molecule has 1 N–H and O–H groups in total. The molecule has 1 amide bonds. The normalized spacial score (nSPS) is 10.7. The van der Waals surface area contributed by atoms with Crippen molar-refractivity contribution in [3.8, 4) is 11.5 Å². The average molecular weight is 404 g/mol. The van der Waals surface area contributed by atoms with Crippen LogP contribution in [0.3, 0.4) is 0 Å². The molecule has 0 aliphatic carbocycles. The van der Waals surface area contributed by atoms with E-state index in [1.807, 2.05) is 74.5 Å². The van der Waals surface area contributed by atoms with Crippen LogP contribution < -0.4 is 14.8 Å². The molecule has 0 spiro atoms. The molecule has 4 nitrogen and oxygen atoms in total. The summed E-state index contributed by atoms with van der Waals surface area (Å²) < 4.78 is 11.2. The Labute approximate surface area is 178 Å². The Morgan fingerprint density at radius 2 is 1.60 bits per heavy atom. The maximum atomic E-state index is 12.8. The van der Waals surface area contributed by atoms with Gasteiger partial charge in [-0.3, -0.25) is 4.79 Å². The lowest BCUT2D eigenvalue weighted by Crippen LogP contribution is -2.24. The van der Waals surface area contributed by atoms with Gasteiger partial charge >= 0.3 is 0 Å². The lowest BCUT2D eigenvalue weighted by molar-refractivity contribution is 0.0950. The lowest BCUT2D eigenvalue weighted by Gasteiger charge is -2.15. The number of rotatable bonds is 9. The second-order valence-electron chi connectivity index (χ2n) is 7.48.